The highest BCUT2D eigenvalue weighted by molar-refractivity contribution is 5.89. The van der Waals surface area contributed by atoms with Gasteiger partial charge in [0.05, 0.1) is 0 Å². The first-order chi connectivity index (χ1) is 19.4. The van der Waals surface area contributed by atoms with Crippen LogP contribution in [0.2, 0.25) is 0 Å². The van der Waals surface area contributed by atoms with Gasteiger partial charge in [-0.3, -0.25) is 4.79 Å². The number of nitrogens with one attached hydrogen (secondary N) is 4. The van der Waals surface area contributed by atoms with Crippen LogP contribution in [0.15, 0.2) is 60.7 Å². The van der Waals surface area contributed by atoms with E-state index in [1.54, 1.807) is 12.1 Å². The van der Waals surface area contributed by atoms with E-state index in [1.165, 1.54) is 0 Å². The van der Waals surface area contributed by atoms with E-state index >= 15 is 0 Å². The van der Waals surface area contributed by atoms with Crippen molar-refractivity contribution < 1.29 is 33.8 Å². The summed E-state index contributed by atoms with van der Waals surface area (Å²) in [6, 6.07) is 16.3. The van der Waals surface area contributed by atoms with Crippen LogP contribution in [-0.2, 0) is 32.3 Å². The van der Waals surface area contributed by atoms with Crippen LogP contribution in [0.25, 0.3) is 0 Å². The normalized spacial score (nSPS) is 12.0. The van der Waals surface area contributed by atoms with E-state index in [-0.39, 0.29) is 26.1 Å². The van der Waals surface area contributed by atoms with E-state index in [2.05, 4.69) is 21.3 Å². The maximum Gasteiger partial charge on any atom is 0.408 e. The third-order valence-corrected chi connectivity index (χ3v) is 6.01. The minimum absolute atomic E-state index is 0.0270. The van der Waals surface area contributed by atoms with E-state index in [9.17, 15) is 24.3 Å². The number of carboxylic acid groups (broad SMARTS) is 1. The molecule has 0 saturated heterocycles. The highest BCUT2D eigenvalue weighted by atomic mass is 16.6. The van der Waals surface area contributed by atoms with Crippen molar-refractivity contribution >= 4 is 24.1 Å². The minimum Gasteiger partial charge on any atom is -0.480 e. The van der Waals surface area contributed by atoms with Crippen LogP contribution in [0.1, 0.15) is 49.7 Å². The summed E-state index contributed by atoms with van der Waals surface area (Å²) in [5.41, 5.74) is 1.66. The fourth-order valence-electron chi connectivity index (χ4n) is 3.79. The van der Waals surface area contributed by atoms with Crippen LogP contribution >= 0.6 is 0 Å². The average Bonchev–Trinajstić information content (AvgIpc) is 2.96. The Morgan fingerprint density at radius 1 is 0.700 bits per heavy atom. The Kier molecular flexibility index (Phi) is 15.3. The molecule has 40 heavy (non-hydrogen) atoms. The van der Waals surface area contributed by atoms with Gasteiger partial charge in [0.15, 0.2) is 0 Å². The third kappa shape index (κ3) is 13.6. The van der Waals surface area contributed by atoms with Crippen molar-refractivity contribution in [1.82, 2.24) is 21.3 Å². The van der Waals surface area contributed by atoms with Crippen LogP contribution in [0, 0.1) is 0 Å². The highest BCUT2D eigenvalue weighted by Crippen LogP contribution is 2.07. The standard InChI is InChI=1S/C29H40N4O7/c1-30-18-10-8-17-25(27(35)36)32-26(34)24(33-29(38)40-21-23-14-6-3-7-15-23)16-9-11-19-31-28(37)39-20-22-12-4-2-5-13-22/h2-7,12-15,24-25,30H,8-11,16-21H2,1H3,(H,31,37)(H,32,34)(H,33,38)(H,35,36)/t24-,25-/m0/s1. The summed E-state index contributed by atoms with van der Waals surface area (Å²) in [5, 5.41) is 20.3. The van der Waals surface area contributed by atoms with Crippen LogP contribution < -0.4 is 21.3 Å². The van der Waals surface area contributed by atoms with Crippen LogP contribution in [0.4, 0.5) is 9.59 Å². The van der Waals surface area contributed by atoms with E-state index in [0.717, 1.165) is 24.1 Å². The summed E-state index contributed by atoms with van der Waals surface area (Å²) in [6.07, 6.45) is 1.51. The second-order valence-electron chi connectivity index (χ2n) is 9.24. The number of hydrogen-bond acceptors (Lipinski definition) is 7. The molecule has 0 spiro atoms. The molecule has 2 atom stereocenters. The predicted molar refractivity (Wildman–Crippen MR) is 149 cm³/mol. The van der Waals surface area contributed by atoms with Gasteiger partial charge in [-0.1, -0.05) is 60.7 Å². The molecule has 5 N–H and O–H groups in total. The molecule has 0 saturated carbocycles. The van der Waals surface area contributed by atoms with Crippen molar-refractivity contribution in [3.63, 3.8) is 0 Å². The van der Waals surface area contributed by atoms with E-state index in [1.807, 2.05) is 55.6 Å². The zero-order chi connectivity index (χ0) is 29.0. The Morgan fingerprint density at radius 2 is 1.23 bits per heavy atom. The molecule has 0 aromatic heterocycles. The topological polar surface area (TPSA) is 155 Å². The van der Waals surface area contributed by atoms with Crippen molar-refractivity contribution in [2.75, 3.05) is 20.1 Å². The molecular formula is C29H40N4O7. The Bertz CT molecular complexity index is 1040. The Hall–Kier alpha value is -4.12. The first-order valence-corrected chi connectivity index (χ1v) is 13.5. The molecule has 11 nitrogen and oxygen atoms in total. The zero-order valence-corrected chi connectivity index (χ0v) is 22.9. The summed E-state index contributed by atoms with van der Waals surface area (Å²) in [5.74, 6) is -1.74. The Balaban J connectivity index is 1.85. The summed E-state index contributed by atoms with van der Waals surface area (Å²) < 4.78 is 10.4. The van der Waals surface area contributed by atoms with Gasteiger partial charge in [-0.25, -0.2) is 14.4 Å². The van der Waals surface area contributed by atoms with E-state index in [0.29, 0.717) is 25.8 Å². The summed E-state index contributed by atoms with van der Waals surface area (Å²) >= 11 is 0. The molecule has 0 heterocycles. The maximum absolute atomic E-state index is 13.0. The number of carboxylic acids is 1. The van der Waals surface area contributed by atoms with Gasteiger partial charge in [0.25, 0.3) is 0 Å². The van der Waals surface area contributed by atoms with Gasteiger partial charge < -0.3 is 35.8 Å². The molecule has 2 rings (SSSR count). The number of carbonyl (C=O) groups excluding carboxylic acids is 3. The third-order valence-electron chi connectivity index (χ3n) is 6.01. The highest BCUT2D eigenvalue weighted by Gasteiger charge is 2.26. The fraction of sp³-hybridized carbons (Fsp3) is 0.448. The summed E-state index contributed by atoms with van der Waals surface area (Å²) in [7, 11) is 1.81. The lowest BCUT2D eigenvalue weighted by molar-refractivity contribution is -0.142. The molecule has 0 aliphatic carbocycles. The number of ether oxygens (including phenoxy) is 2. The average molecular weight is 557 g/mol. The second kappa shape index (κ2) is 19.0. The van der Waals surface area contributed by atoms with Crippen LogP contribution in [0.3, 0.4) is 0 Å². The number of rotatable bonds is 18. The van der Waals surface area contributed by atoms with E-state index in [4.69, 9.17) is 9.47 Å². The number of unbranched alkanes of at least 4 members (excludes halogenated alkanes) is 2. The number of alkyl carbamates (subject to hydrolysis) is 2. The van der Waals surface area contributed by atoms with Crippen molar-refractivity contribution in [1.29, 1.82) is 0 Å². The van der Waals surface area contributed by atoms with Crippen molar-refractivity contribution in [2.24, 2.45) is 0 Å². The molecule has 0 aliphatic heterocycles. The van der Waals surface area contributed by atoms with Crippen molar-refractivity contribution in [2.45, 2.75) is 63.8 Å². The Morgan fingerprint density at radius 3 is 1.77 bits per heavy atom. The molecule has 11 heteroatoms. The zero-order valence-electron chi connectivity index (χ0n) is 22.9. The maximum atomic E-state index is 13.0. The van der Waals surface area contributed by atoms with Gasteiger partial charge in [0, 0.05) is 6.54 Å². The molecular weight excluding hydrogens is 516 g/mol. The number of carbonyl (C=O) groups is 4. The summed E-state index contributed by atoms with van der Waals surface area (Å²) in [4.78, 5) is 49.1. The van der Waals surface area contributed by atoms with Gasteiger partial charge in [-0.15, -0.1) is 0 Å². The molecule has 0 unspecified atom stereocenters. The van der Waals surface area contributed by atoms with Crippen molar-refractivity contribution in [3.05, 3.63) is 71.8 Å². The van der Waals surface area contributed by atoms with Crippen LogP contribution in [-0.4, -0.2) is 61.4 Å². The van der Waals surface area contributed by atoms with E-state index < -0.39 is 36.1 Å². The monoisotopic (exact) mass is 556 g/mol. The number of amides is 3. The molecule has 0 bridgehead atoms. The first kappa shape index (κ1) is 32.1. The first-order valence-electron chi connectivity index (χ1n) is 13.5. The van der Waals surface area contributed by atoms with Crippen molar-refractivity contribution in [3.8, 4) is 0 Å². The summed E-state index contributed by atoms with van der Waals surface area (Å²) in [6.45, 7) is 1.23. The SMILES string of the molecule is CNCCCC[C@H](NC(=O)[C@H](CCCCNC(=O)OCc1ccccc1)NC(=O)OCc1ccccc1)C(=O)O. The molecule has 0 aliphatic rings. The number of hydrogen-bond donors (Lipinski definition) is 5. The van der Waals surface area contributed by atoms with Crippen LogP contribution in [0.5, 0.6) is 0 Å². The lowest BCUT2D eigenvalue weighted by atomic mass is 10.1. The smallest absolute Gasteiger partial charge is 0.408 e. The minimum atomic E-state index is -1.14. The molecule has 2 aromatic rings. The van der Waals surface area contributed by atoms with Gasteiger partial charge in [-0.05, 0) is 63.2 Å². The largest absolute Gasteiger partial charge is 0.480 e. The molecule has 2 aromatic carbocycles. The van der Waals surface area contributed by atoms with Gasteiger partial charge in [-0.2, -0.15) is 0 Å². The predicted octanol–water partition coefficient (Wildman–Crippen LogP) is 3.34. The molecule has 0 radical (unpaired) electrons. The lowest BCUT2D eigenvalue weighted by Gasteiger charge is -2.21. The quantitative estimate of drug-likeness (QED) is 0.175. The second-order valence-corrected chi connectivity index (χ2v) is 9.24. The number of benzene rings is 2. The fourth-order valence-corrected chi connectivity index (χ4v) is 3.79. The molecule has 218 valence electrons. The van der Waals surface area contributed by atoms with Gasteiger partial charge >= 0.3 is 18.2 Å². The number of aliphatic carboxylic acids is 1. The lowest BCUT2D eigenvalue weighted by Crippen LogP contribution is -2.51. The molecule has 3 amide bonds. The van der Waals surface area contributed by atoms with Gasteiger partial charge in [0.1, 0.15) is 25.3 Å². The Labute approximate surface area is 235 Å². The molecule has 0 fully saturated rings. The van der Waals surface area contributed by atoms with Gasteiger partial charge in [0.2, 0.25) is 5.91 Å².